The van der Waals surface area contributed by atoms with Crippen molar-refractivity contribution in [3.05, 3.63) is 59.3 Å². The van der Waals surface area contributed by atoms with Crippen molar-refractivity contribution < 1.29 is 9.57 Å². The highest BCUT2D eigenvalue weighted by atomic mass is 16.6. The highest BCUT2D eigenvalue weighted by Gasteiger charge is 2.19. The van der Waals surface area contributed by atoms with E-state index >= 15 is 0 Å². The van der Waals surface area contributed by atoms with Crippen molar-refractivity contribution in [3.63, 3.8) is 0 Å². The van der Waals surface area contributed by atoms with Crippen molar-refractivity contribution >= 4 is 22.4 Å². The first-order chi connectivity index (χ1) is 16.1. The van der Waals surface area contributed by atoms with Crippen LogP contribution in [0, 0.1) is 13.8 Å². The Morgan fingerprint density at radius 1 is 1.09 bits per heavy atom. The van der Waals surface area contributed by atoms with Gasteiger partial charge in [-0.05, 0) is 31.9 Å². The molecule has 1 fully saturated rings. The van der Waals surface area contributed by atoms with E-state index in [2.05, 4.69) is 33.6 Å². The van der Waals surface area contributed by atoms with Crippen LogP contribution in [0.5, 0.6) is 0 Å². The van der Waals surface area contributed by atoms with Crippen molar-refractivity contribution in [1.29, 1.82) is 0 Å². The molecule has 3 aromatic heterocycles. The average molecular weight is 448 g/mol. The number of hydrogen-bond acceptors (Lipinski definition) is 7. The molecule has 0 amide bonds. The molecule has 4 heterocycles. The van der Waals surface area contributed by atoms with Crippen LogP contribution in [0.3, 0.4) is 0 Å². The molecule has 0 N–H and O–H groups in total. The third-order valence-corrected chi connectivity index (χ3v) is 6.32. The van der Waals surface area contributed by atoms with Gasteiger partial charge in [-0.3, -0.25) is 4.90 Å². The Labute approximate surface area is 192 Å². The number of aryl methyl sites for hydroxylation is 1. The van der Waals surface area contributed by atoms with Gasteiger partial charge in [-0.15, -0.1) is 5.10 Å². The third kappa shape index (κ3) is 4.34. The summed E-state index contributed by atoms with van der Waals surface area (Å²) in [5.41, 5.74) is 5.98. The summed E-state index contributed by atoms with van der Waals surface area (Å²) < 4.78 is 9.49. The molecule has 9 heteroatoms. The summed E-state index contributed by atoms with van der Waals surface area (Å²) in [5, 5.41) is 9.81. The molecule has 4 aromatic rings. The maximum atomic E-state index is 5.55. The smallest absolute Gasteiger partial charge is 0.192 e. The van der Waals surface area contributed by atoms with Crippen LogP contribution in [0.15, 0.2) is 41.8 Å². The highest BCUT2D eigenvalue weighted by Crippen LogP contribution is 2.27. The van der Waals surface area contributed by atoms with E-state index in [1.807, 2.05) is 37.3 Å². The number of benzene rings is 1. The minimum atomic E-state index is 0.198. The molecule has 5 rings (SSSR count). The quantitative estimate of drug-likeness (QED) is 0.320. The topological polar surface area (TPSA) is 82.1 Å². The number of oxime groups is 1. The zero-order valence-electron chi connectivity index (χ0n) is 19.4. The van der Waals surface area contributed by atoms with E-state index < -0.39 is 0 Å². The summed E-state index contributed by atoms with van der Waals surface area (Å²) >= 11 is 0. The van der Waals surface area contributed by atoms with Gasteiger partial charge in [-0.25, -0.2) is 14.5 Å². The number of rotatable bonds is 7. The predicted molar refractivity (Wildman–Crippen MR) is 126 cm³/mol. The largest absolute Gasteiger partial charge is 0.387 e. The molecule has 0 unspecified atom stereocenters. The van der Waals surface area contributed by atoms with Crippen LogP contribution in [-0.2, 0) is 22.7 Å². The Kier molecular flexibility index (Phi) is 6.06. The Morgan fingerprint density at radius 3 is 2.67 bits per heavy atom. The van der Waals surface area contributed by atoms with Gasteiger partial charge in [0.05, 0.1) is 24.3 Å². The van der Waals surface area contributed by atoms with Gasteiger partial charge in [-0.2, -0.15) is 0 Å². The highest BCUT2D eigenvalue weighted by molar-refractivity contribution is 5.98. The first-order valence-corrected chi connectivity index (χ1v) is 11.3. The lowest BCUT2D eigenvalue weighted by molar-refractivity contribution is 0.0364. The number of hydrogen-bond donors (Lipinski definition) is 0. The molecule has 1 aromatic carbocycles. The Morgan fingerprint density at radius 2 is 1.88 bits per heavy atom. The van der Waals surface area contributed by atoms with Gasteiger partial charge in [0.2, 0.25) is 0 Å². The molecule has 0 bridgehead atoms. The fourth-order valence-corrected chi connectivity index (χ4v) is 4.29. The van der Waals surface area contributed by atoms with Crippen LogP contribution in [0.1, 0.15) is 29.6 Å². The summed E-state index contributed by atoms with van der Waals surface area (Å²) in [4.78, 5) is 17.5. The first-order valence-electron chi connectivity index (χ1n) is 11.3. The Balaban J connectivity index is 1.37. The SMILES string of the molecule is CC(=NOCc1nc2c3c(C)c(C)n(CCN4CCOCC4)c3ncn2n1)c1ccccc1. The van der Waals surface area contributed by atoms with Crippen LogP contribution in [-0.4, -0.2) is 67.6 Å². The first kappa shape index (κ1) is 21.5. The monoisotopic (exact) mass is 447 g/mol. The fourth-order valence-electron chi connectivity index (χ4n) is 4.29. The van der Waals surface area contributed by atoms with Gasteiger partial charge >= 0.3 is 0 Å². The lowest BCUT2D eigenvalue weighted by Gasteiger charge is -2.26. The minimum Gasteiger partial charge on any atom is -0.387 e. The summed E-state index contributed by atoms with van der Waals surface area (Å²) in [6, 6.07) is 9.94. The summed E-state index contributed by atoms with van der Waals surface area (Å²) in [5.74, 6) is 0.576. The molecule has 1 aliphatic heterocycles. The second kappa shape index (κ2) is 9.29. The second-order valence-electron chi connectivity index (χ2n) is 8.37. The molecular formula is C24H29N7O2. The standard InChI is InChI=1S/C24H29N7O2/c1-17-19(3)30(10-9-29-11-13-32-14-12-29)23-22(17)24-26-21(27-31(24)16-25-23)15-33-28-18(2)20-7-5-4-6-8-20/h4-8,16H,9-15H2,1-3H3. The zero-order valence-corrected chi connectivity index (χ0v) is 19.4. The molecular weight excluding hydrogens is 418 g/mol. The molecule has 0 saturated carbocycles. The van der Waals surface area contributed by atoms with E-state index in [9.17, 15) is 0 Å². The van der Waals surface area contributed by atoms with E-state index in [0.29, 0.717) is 5.82 Å². The van der Waals surface area contributed by atoms with Gasteiger partial charge in [-0.1, -0.05) is 35.5 Å². The van der Waals surface area contributed by atoms with Crippen molar-refractivity contribution in [1.82, 2.24) is 29.0 Å². The van der Waals surface area contributed by atoms with Gasteiger partial charge in [0.25, 0.3) is 0 Å². The number of ether oxygens (including phenoxy) is 1. The summed E-state index contributed by atoms with van der Waals surface area (Å²) in [7, 11) is 0. The summed E-state index contributed by atoms with van der Waals surface area (Å²) in [6.07, 6.45) is 1.73. The Hall–Kier alpha value is -3.30. The van der Waals surface area contributed by atoms with Crippen molar-refractivity contribution in [2.24, 2.45) is 5.16 Å². The van der Waals surface area contributed by atoms with Gasteiger partial charge < -0.3 is 14.1 Å². The van der Waals surface area contributed by atoms with E-state index in [-0.39, 0.29) is 6.61 Å². The number of aromatic nitrogens is 5. The molecule has 33 heavy (non-hydrogen) atoms. The summed E-state index contributed by atoms with van der Waals surface area (Å²) in [6.45, 7) is 11.8. The van der Waals surface area contributed by atoms with E-state index in [0.717, 1.165) is 67.3 Å². The normalized spacial score (nSPS) is 15.5. The zero-order chi connectivity index (χ0) is 22.8. The molecule has 9 nitrogen and oxygen atoms in total. The van der Waals surface area contributed by atoms with Crippen LogP contribution >= 0.6 is 0 Å². The van der Waals surface area contributed by atoms with Crippen molar-refractivity contribution in [2.45, 2.75) is 33.9 Å². The van der Waals surface area contributed by atoms with E-state index in [1.54, 1.807) is 10.8 Å². The van der Waals surface area contributed by atoms with Crippen molar-refractivity contribution in [3.8, 4) is 0 Å². The number of morpholine rings is 1. The van der Waals surface area contributed by atoms with E-state index in [1.165, 1.54) is 11.3 Å². The number of fused-ring (bicyclic) bond motifs is 3. The molecule has 0 spiro atoms. The van der Waals surface area contributed by atoms with Crippen LogP contribution in [0.4, 0.5) is 0 Å². The van der Waals surface area contributed by atoms with Gasteiger partial charge in [0.15, 0.2) is 18.1 Å². The second-order valence-corrected chi connectivity index (χ2v) is 8.37. The minimum absolute atomic E-state index is 0.198. The molecule has 0 aliphatic carbocycles. The molecule has 0 radical (unpaired) electrons. The van der Waals surface area contributed by atoms with Gasteiger partial charge in [0.1, 0.15) is 12.0 Å². The fraction of sp³-hybridized carbons (Fsp3) is 0.417. The van der Waals surface area contributed by atoms with Crippen LogP contribution < -0.4 is 0 Å². The van der Waals surface area contributed by atoms with Crippen LogP contribution in [0.25, 0.3) is 16.7 Å². The van der Waals surface area contributed by atoms with Crippen LogP contribution in [0.2, 0.25) is 0 Å². The molecule has 172 valence electrons. The molecule has 0 atom stereocenters. The average Bonchev–Trinajstić information content (AvgIpc) is 3.37. The lowest BCUT2D eigenvalue weighted by Crippen LogP contribution is -2.38. The molecule has 1 aliphatic rings. The molecule has 1 saturated heterocycles. The maximum Gasteiger partial charge on any atom is 0.192 e. The van der Waals surface area contributed by atoms with Gasteiger partial charge in [0, 0.05) is 31.9 Å². The van der Waals surface area contributed by atoms with E-state index in [4.69, 9.17) is 19.5 Å². The predicted octanol–water partition coefficient (Wildman–Crippen LogP) is 2.97. The maximum absolute atomic E-state index is 5.55. The Bertz CT molecular complexity index is 1290. The number of nitrogens with zero attached hydrogens (tertiary/aromatic N) is 7. The van der Waals surface area contributed by atoms with Crippen molar-refractivity contribution in [2.75, 3.05) is 32.8 Å². The third-order valence-electron chi connectivity index (χ3n) is 6.32. The lowest BCUT2D eigenvalue weighted by atomic mass is 10.1.